The van der Waals surface area contributed by atoms with Gasteiger partial charge in [0, 0.05) is 17.6 Å². The van der Waals surface area contributed by atoms with Crippen LogP contribution in [-0.2, 0) is 6.54 Å². The highest BCUT2D eigenvalue weighted by atomic mass is 16.5. The molecule has 0 aliphatic carbocycles. The van der Waals surface area contributed by atoms with Crippen LogP contribution in [0.4, 0.5) is 0 Å². The number of hydrogen-bond donors (Lipinski definition) is 0. The number of carbonyl (C=O) groups excluding carboxylic acids is 1. The molecule has 0 unspecified atom stereocenters. The maximum Gasteiger partial charge on any atom is 0.254 e. The van der Waals surface area contributed by atoms with Crippen LogP contribution in [0.5, 0.6) is 17.2 Å². The van der Waals surface area contributed by atoms with Crippen molar-refractivity contribution in [3.63, 3.8) is 0 Å². The van der Waals surface area contributed by atoms with Gasteiger partial charge in [0.15, 0.2) is 11.5 Å². The highest BCUT2D eigenvalue weighted by molar-refractivity contribution is 5.96. The molecule has 2 aromatic carbocycles. The fourth-order valence-electron chi connectivity index (χ4n) is 3.05. The van der Waals surface area contributed by atoms with Crippen molar-refractivity contribution >= 4 is 5.91 Å². The van der Waals surface area contributed by atoms with Gasteiger partial charge in [0.2, 0.25) is 5.75 Å². The summed E-state index contributed by atoms with van der Waals surface area (Å²) in [5.41, 5.74) is 1.24. The zero-order chi connectivity index (χ0) is 21.4. The van der Waals surface area contributed by atoms with Crippen molar-refractivity contribution in [2.45, 2.75) is 53.6 Å². The lowest BCUT2D eigenvalue weighted by Gasteiger charge is -2.36. The third kappa shape index (κ3) is 5.89. The van der Waals surface area contributed by atoms with Gasteiger partial charge in [0.25, 0.3) is 5.91 Å². The summed E-state index contributed by atoms with van der Waals surface area (Å²) in [7, 11) is 0. The fourth-order valence-corrected chi connectivity index (χ4v) is 3.05. The van der Waals surface area contributed by atoms with Crippen LogP contribution in [0.1, 0.15) is 57.5 Å². The standard InChI is InChI=1S/C24H33NO4/c1-7-27-20-15-19(16-21(28-8-2)22(20)29-9-3)23(26)25(24(4,5)6)17-18-13-11-10-12-14-18/h10-16H,7-9,17H2,1-6H3. The van der Waals surface area contributed by atoms with Crippen LogP contribution in [0.3, 0.4) is 0 Å². The summed E-state index contributed by atoms with van der Waals surface area (Å²) in [6.07, 6.45) is 0. The number of rotatable bonds is 9. The second kappa shape index (κ2) is 10.2. The second-order valence-electron chi connectivity index (χ2n) is 7.65. The van der Waals surface area contributed by atoms with E-state index >= 15 is 0 Å². The Labute approximate surface area is 174 Å². The minimum absolute atomic E-state index is 0.0775. The molecule has 0 aliphatic heterocycles. The summed E-state index contributed by atoms with van der Waals surface area (Å²) < 4.78 is 17.3. The molecule has 0 aromatic heterocycles. The molecule has 0 fully saturated rings. The van der Waals surface area contributed by atoms with E-state index in [4.69, 9.17) is 14.2 Å². The molecule has 0 N–H and O–H groups in total. The van der Waals surface area contributed by atoms with Gasteiger partial charge in [-0.05, 0) is 59.2 Å². The Morgan fingerprint density at radius 3 is 1.83 bits per heavy atom. The van der Waals surface area contributed by atoms with E-state index in [0.29, 0.717) is 49.2 Å². The number of hydrogen-bond acceptors (Lipinski definition) is 4. The first-order valence-corrected chi connectivity index (χ1v) is 10.2. The van der Waals surface area contributed by atoms with Crippen molar-refractivity contribution in [1.29, 1.82) is 0 Å². The number of ether oxygens (including phenoxy) is 3. The van der Waals surface area contributed by atoms with Gasteiger partial charge < -0.3 is 19.1 Å². The summed E-state index contributed by atoms with van der Waals surface area (Å²) in [5, 5.41) is 0. The van der Waals surface area contributed by atoms with E-state index in [0.717, 1.165) is 5.56 Å². The zero-order valence-corrected chi connectivity index (χ0v) is 18.5. The van der Waals surface area contributed by atoms with Gasteiger partial charge in [-0.25, -0.2) is 0 Å². The molecule has 158 valence electrons. The quantitative estimate of drug-likeness (QED) is 0.572. The predicted molar refractivity (Wildman–Crippen MR) is 116 cm³/mol. The molecule has 0 bridgehead atoms. The first-order chi connectivity index (χ1) is 13.8. The van der Waals surface area contributed by atoms with Crippen molar-refractivity contribution in [2.75, 3.05) is 19.8 Å². The van der Waals surface area contributed by atoms with E-state index in [-0.39, 0.29) is 11.4 Å². The molecule has 2 rings (SSSR count). The zero-order valence-electron chi connectivity index (χ0n) is 18.5. The maximum absolute atomic E-state index is 13.6. The topological polar surface area (TPSA) is 48.0 Å². The van der Waals surface area contributed by atoms with Gasteiger partial charge in [0.05, 0.1) is 19.8 Å². The monoisotopic (exact) mass is 399 g/mol. The van der Waals surface area contributed by atoms with Crippen LogP contribution in [0.25, 0.3) is 0 Å². The lowest BCUT2D eigenvalue weighted by Crippen LogP contribution is -2.45. The Balaban J connectivity index is 2.49. The van der Waals surface area contributed by atoms with E-state index in [2.05, 4.69) is 0 Å². The summed E-state index contributed by atoms with van der Waals surface area (Å²) in [5.74, 6) is 1.51. The van der Waals surface area contributed by atoms with Crippen LogP contribution in [-0.4, -0.2) is 36.2 Å². The predicted octanol–water partition coefficient (Wildman–Crippen LogP) is 5.32. The minimum atomic E-state index is -0.358. The van der Waals surface area contributed by atoms with E-state index in [1.54, 1.807) is 12.1 Å². The molecule has 0 aliphatic rings. The number of carbonyl (C=O) groups is 1. The van der Waals surface area contributed by atoms with Crippen LogP contribution in [0.2, 0.25) is 0 Å². The highest BCUT2D eigenvalue weighted by Gasteiger charge is 2.29. The molecule has 5 nitrogen and oxygen atoms in total. The van der Waals surface area contributed by atoms with Crippen LogP contribution >= 0.6 is 0 Å². The molecule has 2 aromatic rings. The summed E-state index contributed by atoms with van der Waals surface area (Å²) >= 11 is 0. The molecular formula is C24H33NO4. The average Bonchev–Trinajstić information content (AvgIpc) is 2.68. The van der Waals surface area contributed by atoms with Gasteiger partial charge in [0.1, 0.15) is 0 Å². The molecule has 0 saturated heterocycles. The van der Waals surface area contributed by atoms with E-state index < -0.39 is 0 Å². The Morgan fingerprint density at radius 2 is 1.38 bits per heavy atom. The van der Waals surface area contributed by atoms with Crippen molar-refractivity contribution < 1.29 is 19.0 Å². The molecule has 0 heterocycles. The summed E-state index contributed by atoms with van der Waals surface area (Å²) in [6, 6.07) is 13.5. The van der Waals surface area contributed by atoms with E-state index in [9.17, 15) is 4.79 Å². The number of amides is 1. The molecule has 0 atom stereocenters. The summed E-state index contributed by atoms with van der Waals surface area (Å²) in [6.45, 7) is 13.8. The molecule has 5 heteroatoms. The lowest BCUT2D eigenvalue weighted by molar-refractivity contribution is 0.0558. The normalized spacial score (nSPS) is 11.1. The van der Waals surface area contributed by atoms with Crippen LogP contribution in [0, 0.1) is 0 Å². The smallest absolute Gasteiger partial charge is 0.254 e. The molecule has 0 spiro atoms. The van der Waals surface area contributed by atoms with Gasteiger partial charge in [-0.15, -0.1) is 0 Å². The van der Waals surface area contributed by atoms with E-state index in [1.165, 1.54) is 0 Å². The van der Waals surface area contributed by atoms with Crippen molar-refractivity contribution in [2.24, 2.45) is 0 Å². The van der Waals surface area contributed by atoms with Crippen LogP contribution in [0.15, 0.2) is 42.5 Å². The van der Waals surface area contributed by atoms with E-state index in [1.807, 2.05) is 76.8 Å². The molecular weight excluding hydrogens is 366 g/mol. The fraction of sp³-hybridized carbons (Fsp3) is 0.458. The largest absolute Gasteiger partial charge is 0.490 e. The Kier molecular flexibility index (Phi) is 7.94. The molecule has 0 saturated carbocycles. The van der Waals surface area contributed by atoms with Crippen LogP contribution < -0.4 is 14.2 Å². The Morgan fingerprint density at radius 1 is 0.862 bits per heavy atom. The highest BCUT2D eigenvalue weighted by Crippen LogP contribution is 2.40. The first kappa shape index (κ1) is 22.6. The Bertz CT molecular complexity index is 769. The average molecular weight is 400 g/mol. The first-order valence-electron chi connectivity index (χ1n) is 10.2. The lowest BCUT2D eigenvalue weighted by atomic mass is 10.0. The second-order valence-corrected chi connectivity index (χ2v) is 7.65. The maximum atomic E-state index is 13.6. The van der Waals surface area contributed by atoms with Gasteiger partial charge >= 0.3 is 0 Å². The SMILES string of the molecule is CCOc1cc(C(=O)N(Cc2ccccc2)C(C)(C)C)cc(OCC)c1OCC. The van der Waals surface area contributed by atoms with Gasteiger partial charge in [-0.3, -0.25) is 4.79 Å². The third-order valence-electron chi connectivity index (χ3n) is 4.39. The van der Waals surface area contributed by atoms with Crippen molar-refractivity contribution in [1.82, 2.24) is 4.90 Å². The molecule has 29 heavy (non-hydrogen) atoms. The van der Waals surface area contributed by atoms with Crippen molar-refractivity contribution in [3.05, 3.63) is 53.6 Å². The third-order valence-corrected chi connectivity index (χ3v) is 4.39. The molecule has 1 amide bonds. The van der Waals surface area contributed by atoms with Gasteiger partial charge in [-0.2, -0.15) is 0 Å². The van der Waals surface area contributed by atoms with Gasteiger partial charge in [-0.1, -0.05) is 30.3 Å². The van der Waals surface area contributed by atoms with Crippen molar-refractivity contribution in [3.8, 4) is 17.2 Å². The number of benzene rings is 2. The number of nitrogens with zero attached hydrogens (tertiary/aromatic N) is 1. The molecule has 0 radical (unpaired) electrons. The summed E-state index contributed by atoms with van der Waals surface area (Å²) in [4.78, 5) is 15.4. The Hall–Kier alpha value is -2.69. The minimum Gasteiger partial charge on any atom is -0.490 e.